The molecule has 5 atom stereocenters. The molecule has 0 bridgehead atoms. The van der Waals surface area contributed by atoms with Crippen molar-refractivity contribution in [2.75, 3.05) is 58.5 Å². The molecular formula is C76H110B7N3O12. The first kappa shape index (κ1) is 80.7. The molecule has 9 N–H and O–H groups in total. The maximum absolute atomic E-state index is 8.77. The molecule has 0 aromatic heterocycles. The quantitative estimate of drug-likeness (QED) is 0.0284. The van der Waals surface area contributed by atoms with Crippen LogP contribution in [0.5, 0.6) is 17.2 Å². The Labute approximate surface area is 590 Å². The van der Waals surface area contributed by atoms with Gasteiger partial charge in [-0.3, -0.25) is 0 Å². The van der Waals surface area contributed by atoms with Crippen LogP contribution in [0.1, 0.15) is 144 Å². The Balaban J connectivity index is 0.000000181. The van der Waals surface area contributed by atoms with Gasteiger partial charge in [0.15, 0.2) is 6.71 Å². The first-order valence-corrected chi connectivity index (χ1v) is 35.1. The first-order valence-electron chi connectivity index (χ1n) is 35.1. The Morgan fingerprint density at radius 3 is 1.22 bits per heavy atom. The lowest BCUT2D eigenvalue weighted by Crippen LogP contribution is -2.26. The van der Waals surface area contributed by atoms with Gasteiger partial charge in [-0.05, 0) is 122 Å². The van der Waals surface area contributed by atoms with Gasteiger partial charge in [0.05, 0.1) is 56.9 Å². The summed E-state index contributed by atoms with van der Waals surface area (Å²) >= 11 is 0. The van der Waals surface area contributed by atoms with Crippen LogP contribution >= 0.6 is 0 Å². The van der Waals surface area contributed by atoms with Crippen molar-refractivity contribution in [2.45, 2.75) is 172 Å². The molecule has 0 saturated carbocycles. The van der Waals surface area contributed by atoms with Crippen molar-refractivity contribution >= 4 is 92.1 Å². The van der Waals surface area contributed by atoms with E-state index in [1.807, 2.05) is 74.3 Å². The normalized spacial score (nSPS) is 18.0. The highest BCUT2D eigenvalue weighted by molar-refractivity contribution is 6.74. The number of anilines is 1. The van der Waals surface area contributed by atoms with Crippen LogP contribution in [-0.4, -0.2) is 116 Å². The van der Waals surface area contributed by atoms with Crippen molar-refractivity contribution in [2.24, 2.45) is 11.5 Å². The summed E-state index contributed by atoms with van der Waals surface area (Å²) in [5.41, 5.74) is 35.9. The number of hydrogen-bond acceptors (Lipinski definition) is 15. The number of nitrogens with two attached hydrogens (primary N) is 3. The van der Waals surface area contributed by atoms with E-state index in [9.17, 15) is 0 Å². The SMILES string of the molecule is C.C.CB1CCc2ccc(N)cc21.CB1OC(CN)c2cccc(OCCCO)c21.CB1OC(CN)c2ccccc21.CB1OCc2cccc(OCCCO)c21.CC[C@@H]1OB(C)c2ccccc21.CC[C@H]1OB(C)c2c(OCCCO)cccc21.CC[C@H]1OB(C)c2ccccc21. The summed E-state index contributed by atoms with van der Waals surface area (Å²) in [4.78, 5) is 0. The smallest absolute Gasteiger partial charge is 0.328 e. The van der Waals surface area contributed by atoms with Crippen molar-refractivity contribution in [3.63, 3.8) is 0 Å². The van der Waals surface area contributed by atoms with Gasteiger partial charge in [0.2, 0.25) is 0 Å². The van der Waals surface area contributed by atoms with Crippen LogP contribution in [0.15, 0.2) is 146 Å². The molecule has 14 rings (SSSR count). The van der Waals surface area contributed by atoms with Crippen LogP contribution in [0.3, 0.4) is 0 Å². The van der Waals surface area contributed by atoms with E-state index in [0.29, 0.717) is 77.7 Å². The molecular weight excluding hydrogens is 1220 g/mol. The fourth-order valence-corrected chi connectivity index (χ4v) is 13.8. The third kappa shape index (κ3) is 20.7. The third-order valence-electron chi connectivity index (χ3n) is 18.7. The van der Waals surface area contributed by atoms with Crippen LogP contribution in [0.4, 0.5) is 5.69 Å². The molecule has 0 saturated heterocycles. The van der Waals surface area contributed by atoms with Gasteiger partial charge in [-0.2, -0.15) is 0 Å². The molecule has 22 heteroatoms. The highest BCUT2D eigenvalue weighted by atomic mass is 16.5. The molecule has 7 aromatic carbocycles. The summed E-state index contributed by atoms with van der Waals surface area (Å²) in [5, 5.41) is 26.2. The molecule has 0 spiro atoms. The zero-order valence-electron chi connectivity index (χ0n) is 58.6. The summed E-state index contributed by atoms with van der Waals surface area (Å²) in [6.45, 7) is 26.7. The predicted octanol–water partition coefficient (Wildman–Crippen LogP) is 9.84. The second-order valence-corrected chi connectivity index (χ2v) is 25.4. The van der Waals surface area contributed by atoms with Crippen LogP contribution in [0, 0.1) is 0 Å². The van der Waals surface area contributed by atoms with E-state index < -0.39 is 0 Å². The first-order chi connectivity index (χ1) is 46.6. The number of aryl methyl sites for hydroxylation is 1. The zero-order valence-corrected chi connectivity index (χ0v) is 58.6. The minimum atomic E-state index is -0.0265. The molecule has 7 aromatic rings. The van der Waals surface area contributed by atoms with E-state index in [-0.39, 0.29) is 94.5 Å². The van der Waals surface area contributed by atoms with Gasteiger partial charge in [0, 0.05) is 57.9 Å². The van der Waals surface area contributed by atoms with Crippen molar-refractivity contribution in [1.82, 2.24) is 0 Å². The number of ether oxygens (including phenoxy) is 3. The zero-order chi connectivity index (χ0) is 68.7. The summed E-state index contributed by atoms with van der Waals surface area (Å²) in [6, 6.07) is 49.6. The summed E-state index contributed by atoms with van der Waals surface area (Å²) in [7, 11) is 0. The molecule has 522 valence electrons. The van der Waals surface area contributed by atoms with Gasteiger partial charge in [0.25, 0.3) is 0 Å². The number of hydrogen-bond donors (Lipinski definition) is 6. The summed E-state index contributed by atoms with van der Waals surface area (Å²) in [5.74, 6) is 2.64. The van der Waals surface area contributed by atoms with Crippen LogP contribution in [-0.2, 0) is 41.0 Å². The molecule has 0 amide bonds. The summed E-state index contributed by atoms with van der Waals surface area (Å²) < 4.78 is 51.4. The minimum absolute atomic E-state index is 0. The molecule has 7 aliphatic rings. The monoisotopic (exact) mass is 1330 g/mol. The Kier molecular flexibility index (Phi) is 33.7. The molecule has 15 nitrogen and oxygen atoms in total. The minimum Gasteiger partial charge on any atom is -0.494 e. The average molecular weight is 1330 g/mol. The largest absolute Gasteiger partial charge is 0.494 e. The van der Waals surface area contributed by atoms with Gasteiger partial charge >= 0.3 is 41.5 Å². The van der Waals surface area contributed by atoms with E-state index in [4.69, 9.17) is 74.7 Å². The average Bonchev–Trinajstić information content (AvgIpc) is 1.69. The summed E-state index contributed by atoms with van der Waals surface area (Å²) in [6.07, 6.45) is 8.55. The predicted molar refractivity (Wildman–Crippen MR) is 415 cm³/mol. The van der Waals surface area contributed by atoms with Crippen LogP contribution < -0.4 is 69.7 Å². The second kappa shape index (κ2) is 40.9. The molecule has 7 aliphatic heterocycles. The number of fused-ring (bicyclic) bond motifs is 7. The number of aliphatic hydroxyl groups is 3. The molecule has 0 fully saturated rings. The van der Waals surface area contributed by atoms with Crippen molar-refractivity contribution in [3.8, 4) is 17.2 Å². The fourth-order valence-electron chi connectivity index (χ4n) is 13.8. The van der Waals surface area contributed by atoms with E-state index in [2.05, 4.69) is 140 Å². The Hall–Kier alpha value is -6.25. The van der Waals surface area contributed by atoms with Gasteiger partial charge in [0.1, 0.15) is 17.2 Å². The lowest BCUT2D eigenvalue weighted by atomic mass is 9.48. The standard InChI is InChI=1S/C13H19BO3.C12H18BNO3.C11H15BO3.2C10H13BO.C9H12BNO.C9H12BN.2CH4/c1-3-11-10-6-4-7-12(16-9-5-8-15)13(10)14(2)17-11;1-13-12-9(11(8-14)17-13)4-2-5-10(12)16-7-3-6-15;1-12-11-9(8-15-12)4-2-5-10(11)14-7-3-6-13;2*1-3-10-8-6-4-5-7-9(8)11(2)12-10;1-10-8-5-3-2-4-7(8)9(6-11)12-10;1-10-5-4-7-2-3-8(11)6-9(7)10;;/h4,6-7,11,15H,3,5,8-9H2,1-2H3;2,4-5,11,15H,3,6-8,14H2,1H3;2,4-5,13H,3,6-8H2,1H3;2*4-7,10H,3H2,1-2H3;2-5,9H,6,11H2,1H3;2-3,6H,4-5,11H2,1H3;2*1H4/t11-;;;2*10-;;;;/m1..10..../s1. The molecule has 0 radical (unpaired) electrons. The van der Waals surface area contributed by atoms with E-state index in [0.717, 1.165) is 58.7 Å². The Morgan fingerprint density at radius 1 is 0.408 bits per heavy atom. The molecule has 7 heterocycles. The molecule has 98 heavy (non-hydrogen) atoms. The van der Waals surface area contributed by atoms with Crippen molar-refractivity contribution in [1.29, 1.82) is 0 Å². The highest BCUT2D eigenvalue weighted by Crippen LogP contribution is 2.32. The van der Waals surface area contributed by atoms with Gasteiger partial charge in [-0.1, -0.05) is 216 Å². The van der Waals surface area contributed by atoms with Gasteiger partial charge in [-0.15, -0.1) is 0 Å². The van der Waals surface area contributed by atoms with Crippen LogP contribution in [0.2, 0.25) is 54.1 Å². The molecule has 0 aliphatic carbocycles. The lowest BCUT2D eigenvalue weighted by Gasteiger charge is -2.11. The maximum Gasteiger partial charge on any atom is 0.328 e. The molecule has 2 unspecified atom stereocenters. The van der Waals surface area contributed by atoms with Crippen molar-refractivity contribution in [3.05, 3.63) is 185 Å². The fraction of sp³-hybridized carbons (Fsp3) is 0.447. The number of nitrogen functional groups attached to an aromatic ring is 1. The number of aliphatic hydroxyl groups excluding tert-OH is 3. The second-order valence-electron chi connectivity index (χ2n) is 25.4. The lowest BCUT2D eigenvalue weighted by molar-refractivity contribution is 0.221. The van der Waals surface area contributed by atoms with E-state index in [1.54, 1.807) is 0 Å². The van der Waals surface area contributed by atoms with E-state index in [1.165, 1.54) is 73.4 Å². The number of benzene rings is 7. The van der Waals surface area contributed by atoms with Crippen LogP contribution in [0.25, 0.3) is 0 Å². The van der Waals surface area contributed by atoms with Gasteiger partial charge < -0.3 is 74.7 Å². The topological polar surface area (TPSA) is 222 Å². The maximum atomic E-state index is 8.77. The number of rotatable bonds is 17. The van der Waals surface area contributed by atoms with E-state index >= 15 is 0 Å². The van der Waals surface area contributed by atoms with Crippen molar-refractivity contribution < 1.29 is 57.5 Å². The van der Waals surface area contributed by atoms with Gasteiger partial charge in [-0.25, -0.2) is 0 Å². The Bertz CT molecular complexity index is 3310. The Morgan fingerprint density at radius 2 is 0.776 bits per heavy atom. The third-order valence-corrected chi connectivity index (χ3v) is 18.7. The highest BCUT2D eigenvalue weighted by Gasteiger charge is 2.36.